The third-order valence-corrected chi connectivity index (χ3v) is 7.87. The van der Waals surface area contributed by atoms with Crippen LogP contribution in [0.3, 0.4) is 0 Å². The van der Waals surface area contributed by atoms with Crippen LogP contribution in [0.15, 0.2) is 47.4 Å². The molecular weight excluding hydrogens is 372 g/mol. The van der Waals surface area contributed by atoms with Gasteiger partial charge in [-0.3, -0.25) is 9.03 Å². The van der Waals surface area contributed by atoms with Crippen LogP contribution in [0.2, 0.25) is 0 Å². The molecule has 0 spiro atoms. The number of nitrogens with zero attached hydrogens (tertiary/aromatic N) is 1. The Labute approximate surface area is 155 Å². The van der Waals surface area contributed by atoms with Crippen molar-refractivity contribution in [2.45, 2.75) is 31.6 Å². The van der Waals surface area contributed by atoms with Gasteiger partial charge in [-0.15, -0.1) is 0 Å². The molecule has 26 heavy (non-hydrogen) atoms. The van der Waals surface area contributed by atoms with E-state index in [1.54, 1.807) is 31.2 Å². The summed E-state index contributed by atoms with van der Waals surface area (Å²) in [4.78, 5) is 0.138. The molecule has 0 aromatic heterocycles. The number of aryl methyl sites for hydroxylation is 2. The van der Waals surface area contributed by atoms with Gasteiger partial charge in [-0.05, 0) is 62.1 Å². The fourth-order valence-corrected chi connectivity index (χ4v) is 6.05. The van der Waals surface area contributed by atoms with E-state index in [1.807, 2.05) is 19.1 Å². The second kappa shape index (κ2) is 6.92. The van der Waals surface area contributed by atoms with E-state index >= 15 is 0 Å². The van der Waals surface area contributed by atoms with Gasteiger partial charge in [-0.25, -0.2) is 16.8 Å². The predicted molar refractivity (Wildman–Crippen MR) is 104 cm³/mol. The zero-order valence-corrected chi connectivity index (χ0v) is 16.4. The van der Waals surface area contributed by atoms with Crippen molar-refractivity contribution in [3.05, 3.63) is 53.6 Å². The summed E-state index contributed by atoms with van der Waals surface area (Å²) in [7, 11) is -7.09. The number of hydrogen-bond donors (Lipinski definition) is 1. The van der Waals surface area contributed by atoms with E-state index in [0.717, 1.165) is 12.0 Å². The highest BCUT2D eigenvalue weighted by atomic mass is 32.2. The molecule has 2 aromatic carbocycles. The number of nitrogens with one attached hydrogen (secondary N) is 1. The summed E-state index contributed by atoms with van der Waals surface area (Å²) in [6, 6.07) is 11.8. The summed E-state index contributed by atoms with van der Waals surface area (Å²) >= 11 is 0. The maximum absolute atomic E-state index is 12.7. The Morgan fingerprint density at radius 1 is 1.00 bits per heavy atom. The molecule has 1 saturated heterocycles. The zero-order chi connectivity index (χ0) is 18.9. The largest absolute Gasteiger partial charge is 0.279 e. The van der Waals surface area contributed by atoms with Crippen molar-refractivity contribution in [1.82, 2.24) is 0 Å². The number of sulfonamides is 2. The van der Waals surface area contributed by atoms with Crippen molar-refractivity contribution in [3.8, 4) is 0 Å². The van der Waals surface area contributed by atoms with Crippen LogP contribution in [-0.4, -0.2) is 29.1 Å². The average molecular weight is 395 g/mol. The van der Waals surface area contributed by atoms with Crippen LogP contribution < -0.4 is 9.03 Å². The minimum absolute atomic E-state index is 0.126. The van der Waals surface area contributed by atoms with Crippen LogP contribution >= 0.6 is 0 Å². The van der Waals surface area contributed by atoms with Crippen molar-refractivity contribution < 1.29 is 16.8 Å². The van der Waals surface area contributed by atoms with E-state index in [0.29, 0.717) is 29.9 Å². The standard InChI is InChI=1S/C18H22N2O4S2/c1-14-7-3-4-8-17(14)19-26(23,24)18-10-9-16(13-15(18)2)20-11-5-6-12-25(20,21)22/h3-4,7-10,13,19H,5-6,11-12H2,1-2H3. The first-order valence-electron chi connectivity index (χ1n) is 8.40. The topological polar surface area (TPSA) is 83.6 Å². The first kappa shape index (κ1) is 18.7. The van der Waals surface area contributed by atoms with Gasteiger partial charge in [0.05, 0.1) is 22.0 Å². The molecule has 6 nitrogen and oxygen atoms in total. The summed E-state index contributed by atoms with van der Waals surface area (Å²) in [5.74, 6) is 0.126. The molecule has 0 amide bonds. The summed E-state index contributed by atoms with van der Waals surface area (Å²) in [5.41, 5.74) is 2.36. The lowest BCUT2D eigenvalue weighted by atomic mass is 10.2. The second-order valence-corrected chi connectivity index (χ2v) is 10.1. The van der Waals surface area contributed by atoms with Gasteiger partial charge < -0.3 is 0 Å². The lowest BCUT2D eigenvalue weighted by molar-refractivity contribution is 0.574. The molecule has 0 saturated carbocycles. The quantitative estimate of drug-likeness (QED) is 0.864. The highest BCUT2D eigenvalue weighted by molar-refractivity contribution is 7.93. The Balaban J connectivity index is 1.93. The fourth-order valence-electron chi connectivity index (χ4n) is 3.06. The SMILES string of the molecule is Cc1ccccc1NS(=O)(=O)c1ccc(N2CCCCS2(=O)=O)cc1C. The monoisotopic (exact) mass is 394 g/mol. The maximum atomic E-state index is 12.7. The van der Waals surface area contributed by atoms with E-state index in [-0.39, 0.29) is 10.6 Å². The summed E-state index contributed by atoms with van der Waals surface area (Å²) in [6.45, 7) is 3.93. The van der Waals surface area contributed by atoms with Crippen LogP contribution in [0.5, 0.6) is 0 Å². The van der Waals surface area contributed by atoms with Crippen molar-refractivity contribution in [2.24, 2.45) is 0 Å². The van der Waals surface area contributed by atoms with Crippen LogP contribution in [0.4, 0.5) is 11.4 Å². The van der Waals surface area contributed by atoms with Gasteiger partial charge in [0.1, 0.15) is 0 Å². The number of anilines is 2. The molecule has 1 heterocycles. The number of para-hydroxylation sites is 1. The Hall–Kier alpha value is -2.06. The first-order valence-corrected chi connectivity index (χ1v) is 11.5. The van der Waals surface area contributed by atoms with Crippen molar-refractivity contribution >= 4 is 31.4 Å². The molecule has 0 radical (unpaired) electrons. The van der Waals surface area contributed by atoms with Gasteiger partial charge in [0, 0.05) is 6.54 Å². The normalized spacial score (nSPS) is 17.1. The molecule has 0 atom stereocenters. The van der Waals surface area contributed by atoms with Gasteiger partial charge in [-0.1, -0.05) is 18.2 Å². The third-order valence-electron chi connectivity index (χ3n) is 4.47. The second-order valence-electron chi connectivity index (χ2n) is 6.47. The van der Waals surface area contributed by atoms with Crippen LogP contribution in [-0.2, 0) is 20.0 Å². The van der Waals surface area contributed by atoms with Crippen LogP contribution in [0, 0.1) is 13.8 Å². The minimum atomic E-state index is -3.76. The van der Waals surface area contributed by atoms with Crippen molar-refractivity contribution in [1.29, 1.82) is 0 Å². The molecule has 8 heteroatoms. The molecule has 140 valence electrons. The van der Waals surface area contributed by atoms with E-state index in [9.17, 15) is 16.8 Å². The maximum Gasteiger partial charge on any atom is 0.262 e. The summed E-state index contributed by atoms with van der Waals surface area (Å²) in [6.07, 6.45) is 1.46. The molecular formula is C18H22N2O4S2. The highest BCUT2D eigenvalue weighted by Gasteiger charge is 2.27. The molecule has 0 aliphatic carbocycles. The number of hydrogen-bond acceptors (Lipinski definition) is 4. The van der Waals surface area contributed by atoms with Crippen molar-refractivity contribution in [2.75, 3.05) is 21.3 Å². The lowest BCUT2D eigenvalue weighted by Crippen LogP contribution is -2.37. The van der Waals surface area contributed by atoms with Crippen LogP contribution in [0.25, 0.3) is 0 Å². The predicted octanol–water partition coefficient (Wildman–Crippen LogP) is 3.03. The molecule has 1 aliphatic heterocycles. The van der Waals surface area contributed by atoms with Gasteiger partial charge in [-0.2, -0.15) is 0 Å². The van der Waals surface area contributed by atoms with E-state index in [1.165, 1.54) is 10.4 Å². The molecule has 2 aromatic rings. The Morgan fingerprint density at radius 2 is 1.73 bits per heavy atom. The Kier molecular flexibility index (Phi) is 4.98. The van der Waals surface area contributed by atoms with Crippen molar-refractivity contribution in [3.63, 3.8) is 0 Å². The smallest absolute Gasteiger partial charge is 0.262 e. The molecule has 1 fully saturated rings. The zero-order valence-electron chi connectivity index (χ0n) is 14.8. The van der Waals surface area contributed by atoms with Gasteiger partial charge >= 0.3 is 0 Å². The molecule has 3 rings (SSSR count). The number of rotatable bonds is 4. The minimum Gasteiger partial charge on any atom is -0.279 e. The summed E-state index contributed by atoms with van der Waals surface area (Å²) < 4.78 is 54.0. The third kappa shape index (κ3) is 3.71. The molecule has 0 bridgehead atoms. The lowest BCUT2D eigenvalue weighted by Gasteiger charge is -2.28. The Morgan fingerprint density at radius 3 is 2.38 bits per heavy atom. The van der Waals surface area contributed by atoms with E-state index in [2.05, 4.69) is 4.72 Å². The molecule has 0 unspecified atom stereocenters. The molecule has 1 aliphatic rings. The van der Waals surface area contributed by atoms with Crippen LogP contribution in [0.1, 0.15) is 24.0 Å². The van der Waals surface area contributed by atoms with E-state index in [4.69, 9.17) is 0 Å². The first-order chi connectivity index (χ1) is 12.2. The molecule has 1 N–H and O–H groups in total. The van der Waals surface area contributed by atoms with E-state index < -0.39 is 20.0 Å². The van der Waals surface area contributed by atoms with Gasteiger partial charge in [0.25, 0.3) is 10.0 Å². The average Bonchev–Trinajstić information content (AvgIpc) is 2.56. The fraction of sp³-hybridized carbons (Fsp3) is 0.333. The van der Waals surface area contributed by atoms with Gasteiger partial charge in [0.2, 0.25) is 10.0 Å². The number of benzene rings is 2. The highest BCUT2D eigenvalue weighted by Crippen LogP contribution is 2.28. The van der Waals surface area contributed by atoms with Gasteiger partial charge in [0.15, 0.2) is 0 Å². The Bertz CT molecular complexity index is 1030. The summed E-state index contributed by atoms with van der Waals surface area (Å²) in [5, 5.41) is 0.